The molecule has 2 N–H and O–H groups in total. The van der Waals surface area contributed by atoms with E-state index in [2.05, 4.69) is 10.3 Å². The number of rotatable bonds is 5. The average molecular weight is 267 g/mol. The van der Waals surface area contributed by atoms with Gasteiger partial charge >= 0.3 is 11.7 Å². The molecule has 8 nitrogen and oxygen atoms in total. The van der Waals surface area contributed by atoms with Crippen molar-refractivity contribution in [1.82, 2.24) is 4.98 Å². The van der Waals surface area contributed by atoms with Crippen LogP contribution in [0.5, 0.6) is 0 Å². The second-order valence-electron chi connectivity index (χ2n) is 4.32. The van der Waals surface area contributed by atoms with E-state index in [1.807, 2.05) is 0 Å². The van der Waals surface area contributed by atoms with Gasteiger partial charge in [-0.1, -0.05) is 0 Å². The topological polar surface area (TPSA) is 115 Å². The van der Waals surface area contributed by atoms with Gasteiger partial charge in [-0.05, 0) is 12.8 Å². The van der Waals surface area contributed by atoms with Gasteiger partial charge in [0.15, 0.2) is 0 Å². The van der Waals surface area contributed by atoms with Crippen molar-refractivity contribution in [3.8, 4) is 0 Å². The van der Waals surface area contributed by atoms with Crippen LogP contribution in [-0.2, 0) is 4.74 Å². The van der Waals surface area contributed by atoms with E-state index in [1.54, 1.807) is 7.11 Å². The summed E-state index contributed by atoms with van der Waals surface area (Å²) >= 11 is 0. The van der Waals surface area contributed by atoms with Crippen LogP contribution in [0.3, 0.4) is 0 Å². The summed E-state index contributed by atoms with van der Waals surface area (Å²) in [5.41, 5.74) is -0.883. The number of anilines is 1. The summed E-state index contributed by atoms with van der Waals surface area (Å²) in [4.78, 5) is 24.7. The van der Waals surface area contributed by atoms with Crippen LogP contribution in [0.2, 0.25) is 0 Å². The highest BCUT2D eigenvalue weighted by Crippen LogP contribution is 2.27. The van der Waals surface area contributed by atoms with E-state index >= 15 is 0 Å². The number of nitrogens with zero attached hydrogens (tertiary/aromatic N) is 2. The predicted octanol–water partition coefficient (Wildman–Crippen LogP) is 1.28. The lowest BCUT2D eigenvalue weighted by atomic mass is 9.89. The Morgan fingerprint density at radius 2 is 2.32 bits per heavy atom. The molecule has 102 valence electrons. The summed E-state index contributed by atoms with van der Waals surface area (Å²) in [6.45, 7) is 0. The van der Waals surface area contributed by atoms with E-state index in [0.29, 0.717) is 5.82 Å². The van der Waals surface area contributed by atoms with Crippen molar-refractivity contribution >= 4 is 17.5 Å². The minimum atomic E-state index is -1.35. The molecule has 1 fully saturated rings. The van der Waals surface area contributed by atoms with Gasteiger partial charge in [0, 0.05) is 19.2 Å². The van der Waals surface area contributed by atoms with Crippen molar-refractivity contribution in [3.05, 3.63) is 27.9 Å². The smallest absolute Gasteiger partial charge is 0.342 e. The Hall–Kier alpha value is -2.22. The van der Waals surface area contributed by atoms with Gasteiger partial charge in [0.25, 0.3) is 0 Å². The highest BCUT2D eigenvalue weighted by atomic mass is 16.6. The minimum absolute atomic E-state index is 0.153. The normalized spacial score (nSPS) is 21.5. The molecule has 1 aliphatic rings. The van der Waals surface area contributed by atoms with Crippen LogP contribution in [0.15, 0.2) is 12.3 Å². The number of carboxylic acids is 1. The van der Waals surface area contributed by atoms with Gasteiger partial charge in [0.1, 0.15) is 17.6 Å². The summed E-state index contributed by atoms with van der Waals surface area (Å²) in [5, 5.41) is 22.6. The zero-order valence-electron chi connectivity index (χ0n) is 10.2. The fourth-order valence-electron chi connectivity index (χ4n) is 1.93. The van der Waals surface area contributed by atoms with E-state index < -0.39 is 16.6 Å². The van der Waals surface area contributed by atoms with Crippen LogP contribution in [-0.4, -0.2) is 40.2 Å². The number of nitrogens with one attached hydrogen (secondary N) is 1. The van der Waals surface area contributed by atoms with E-state index in [9.17, 15) is 14.9 Å². The molecule has 0 spiro atoms. The van der Waals surface area contributed by atoms with Gasteiger partial charge in [-0.15, -0.1) is 0 Å². The van der Waals surface area contributed by atoms with Crippen molar-refractivity contribution in [3.63, 3.8) is 0 Å². The maximum absolute atomic E-state index is 11.0. The molecule has 19 heavy (non-hydrogen) atoms. The van der Waals surface area contributed by atoms with E-state index in [0.717, 1.165) is 19.0 Å². The lowest BCUT2D eigenvalue weighted by molar-refractivity contribution is -0.385. The van der Waals surface area contributed by atoms with E-state index in [4.69, 9.17) is 9.84 Å². The molecule has 0 bridgehead atoms. The number of nitro groups is 1. The molecule has 0 amide bonds. The zero-order chi connectivity index (χ0) is 14.0. The molecule has 0 unspecified atom stereocenters. The molecule has 0 aliphatic heterocycles. The second-order valence-corrected chi connectivity index (χ2v) is 4.32. The molecular weight excluding hydrogens is 254 g/mol. The molecule has 0 aromatic carbocycles. The van der Waals surface area contributed by atoms with Gasteiger partial charge in [-0.2, -0.15) is 0 Å². The summed E-state index contributed by atoms with van der Waals surface area (Å²) in [6.07, 6.45) is 2.77. The van der Waals surface area contributed by atoms with Crippen LogP contribution in [0.25, 0.3) is 0 Å². The van der Waals surface area contributed by atoms with Gasteiger partial charge < -0.3 is 15.2 Å². The molecule has 1 aromatic heterocycles. The van der Waals surface area contributed by atoms with E-state index in [1.165, 1.54) is 6.07 Å². The molecule has 1 saturated carbocycles. The van der Waals surface area contributed by atoms with Crippen LogP contribution < -0.4 is 5.32 Å². The number of pyridine rings is 1. The summed E-state index contributed by atoms with van der Waals surface area (Å²) in [6, 6.07) is 1.33. The molecule has 8 heteroatoms. The highest BCUT2D eigenvalue weighted by molar-refractivity contribution is 5.93. The fraction of sp³-hybridized carbons (Fsp3) is 0.455. The summed E-state index contributed by atoms with van der Waals surface area (Å²) < 4.78 is 5.12. The third-order valence-electron chi connectivity index (χ3n) is 3.09. The van der Waals surface area contributed by atoms with Crippen LogP contribution in [0, 0.1) is 10.1 Å². The Morgan fingerprint density at radius 3 is 2.84 bits per heavy atom. The summed E-state index contributed by atoms with van der Waals surface area (Å²) in [5.74, 6) is -1.02. The number of hydrogen-bond acceptors (Lipinski definition) is 6. The minimum Gasteiger partial charge on any atom is -0.477 e. The average Bonchev–Trinajstić information content (AvgIpc) is 2.32. The lowest BCUT2D eigenvalue weighted by Gasteiger charge is -2.34. The monoisotopic (exact) mass is 267 g/mol. The van der Waals surface area contributed by atoms with Gasteiger partial charge in [0.05, 0.1) is 11.0 Å². The SMILES string of the molecule is COC1CC(Nc2cc(C(=O)O)c([N+](=O)[O-])cn2)C1. The molecule has 2 rings (SSSR count). The Bertz CT molecular complexity index is 513. The molecule has 1 aromatic rings. The van der Waals surface area contributed by atoms with Crippen molar-refractivity contribution in [2.75, 3.05) is 12.4 Å². The summed E-state index contributed by atoms with van der Waals surface area (Å²) in [7, 11) is 1.63. The van der Waals surface area contributed by atoms with Crippen molar-refractivity contribution in [1.29, 1.82) is 0 Å². The highest BCUT2D eigenvalue weighted by Gasteiger charge is 2.30. The molecule has 1 aliphatic carbocycles. The van der Waals surface area contributed by atoms with Crippen molar-refractivity contribution < 1.29 is 19.6 Å². The van der Waals surface area contributed by atoms with Crippen molar-refractivity contribution in [2.24, 2.45) is 0 Å². The first kappa shape index (κ1) is 13.2. The van der Waals surface area contributed by atoms with Crippen molar-refractivity contribution in [2.45, 2.75) is 25.0 Å². The number of aromatic carboxylic acids is 1. The maximum Gasteiger partial charge on any atom is 0.342 e. The Kier molecular flexibility index (Phi) is 3.61. The number of carbonyl (C=O) groups is 1. The molecule has 0 saturated heterocycles. The quantitative estimate of drug-likeness (QED) is 0.609. The first-order valence-corrected chi connectivity index (χ1v) is 5.68. The number of carboxylic acid groups (broad SMARTS) is 1. The third kappa shape index (κ3) is 2.79. The number of aromatic nitrogens is 1. The Balaban J connectivity index is 2.13. The predicted molar refractivity (Wildman–Crippen MR) is 65.3 cm³/mol. The fourth-order valence-corrected chi connectivity index (χ4v) is 1.93. The van der Waals surface area contributed by atoms with Crippen LogP contribution in [0.1, 0.15) is 23.2 Å². The Morgan fingerprint density at radius 1 is 1.63 bits per heavy atom. The number of methoxy groups -OCH3 is 1. The van der Waals surface area contributed by atoms with Crippen LogP contribution in [0.4, 0.5) is 11.5 Å². The lowest BCUT2D eigenvalue weighted by Crippen LogP contribution is -2.40. The number of ether oxygens (including phenoxy) is 1. The van der Waals surface area contributed by atoms with Crippen LogP contribution >= 0.6 is 0 Å². The van der Waals surface area contributed by atoms with E-state index in [-0.39, 0.29) is 17.7 Å². The first-order chi connectivity index (χ1) is 9.01. The molecule has 1 heterocycles. The third-order valence-corrected chi connectivity index (χ3v) is 3.09. The van der Waals surface area contributed by atoms with Gasteiger partial charge in [-0.3, -0.25) is 10.1 Å². The van der Waals surface area contributed by atoms with Gasteiger partial charge in [0.2, 0.25) is 0 Å². The van der Waals surface area contributed by atoms with Gasteiger partial charge in [-0.25, -0.2) is 9.78 Å². The first-order valence-electron chi connectivity index (χ1n) is 5.68. The second kappa shape index (κ2) is 5.19. The maximum atomic E-state index is 11.0. The number of hydrogen-bond donors (Lipinski definition) is 2. The molecule has 0 radical (unpaired) electrons. The zero-order valence-corrected chi connectivity index (χ0v) is 10.2. The largest absolute Gasteiger partial charge is 0.477 e. The standard InChI is InChI=1S/C11H13N3O5/c1-19-7-2-6(3-7)13-10-4-8(11(15)16)9(5-12-10)14(17)18/h4-7H,2-3H2,1H3,(H,12,13)(H,15,16). The Labute approximate surface area is 108 Å². The molecular formula is C11H13N3O5. The molecule has 0 atom stereocenters.